The minimum Gasteiger partial charge on any atom is -0.496 e. The van der Waals surface area contributed by atoms with E-state index >= 15 is 0 Å². The molecule has 0 unspecified atom stereocenters. The van der Waals surface area contributed by atoms with Crippen molar-refractivity contribution < 1.29 is 19.1 Å². The molecular weight excluding hydrogens is 465 g/mol. The first-order chi connectivity index (χ1) is 15.6. The third kappa shape index (κ3) is 8.26. The lowest BCUT2D eigenvalue weighted by molar-refractivity contribution is -0.132. The maximum Gasteiger partial charge on any atom is 0.262 e. The normalized spacial score (nSPS) is 13.0. The predicted octanol–water partition coefficient (Wildman–Crippen LogP) is 4.76. The number of benzene rings is 2. The molecule has 0 saturated carbocycles. The Bertz CT molecular complexity index is 1010. The highest BCUT2D eigenvalue weighted by Gasteiger charge is 2.25. The van der Waals surface area contributed by atoms with Crippen LogP contribution in [0.5, 0.6) is 11.5 Å². The van der Waals surface area contributed by atoms with Crippen LogP contribution < -0.4 is 20.2 Å². The first-order valence-electron chi connectivity index (χ1n) is 10.5. The van der Waals surface area contributed by atoms with E-state index < -0.39 is 24.0 Å². The molecule has 178 valence electrons. The fourth-order valence-corrected chi connectivity index (χ4v) is 3.43. The van der Waals surface area contributed by atoms with Crippen LogP contribution in [0.25, 0.3) is 0 Å². The van der Waals surface area contributed by atoms with Crippen molar-refractivity contribution >= 4 is 41.2 Å². The molecular formula is C24H29Cl2N3O4. The number of methoxy groups -OCH3 is 1. The lowest BCUT2D eigenvalue weighted by Crippen LogP contribution is -2.49. The highest BCUT2D eigenvalue weighted by atomic mass is 35.5. The highest BCUT2D eigenvalue weighted by Crippen LogP contribution is 2.28. The molecule has 7 nitrogen and oxygen atoms in total. The molecule has 0 aliphatic rings. The number of halogens is 2. The summed E-state index contributed by atoms with van der Waals surface area (Å²) < 4.78 is 10.9. The van der Waals surface area contributed by atoms with Crippen LogP contribution in [0.15, 0.2) is 41.5 Å². The van der Waals surface area contributed by atoms with E-state index in [1.54, 1.807) is 26.2 Å². The molecule has 2 amide bonds. The molecule has 2 atom stereocenters. The largest absolute Gasteiger partial charge is 0.496 e. The second-order valence-corrected chi connectivity index (χ2v) is 8.83. The zero-order valence-electron chi connectivity index (χ0n) is 19.3. The Morgan fingerprint density at radius 3 is 2.42 bits per heavy atom. The summed E-state index contributed by atoms with van der Waals surface area (Å²) in [6.07, 6.45) is 1.07. The van der Waals surface area contributed by atoms with Crippen LogP contribution in [-0.2, 0) is 9.59 Å². The number of amides is 2. The van der Waals surface area contributed by atoms with Crippen molar-refractivity contribution in [2.75, 3.05) is 7.11 Å². The average Bonchev–Trinajstić information content (AvgIpc) is 2.75. The van der Waals surface area contributed by atoms with E-state index in [-0.39, 0.29) is 5.92 Å². The van der Waals surface area contributed by atoms with Crippen LogP contribution in [0, 0.1) is 12.8 Å². The topological polar surface area (TPSA) is 89.0 Å². The lowest BCUT2D eigenvalue weighted by atomic mass is 10.0. The van der Waals surface area contributed by atoms with E-state index in [0.29, 0.717) is 22.2 Å². The Labute approximate surface area is 204 Å². The van der Waals surface area contributed by atoms with Gasteiger partial charge in [0.05, 0.1) is 18.3 Å². The summed E-state index contributed by atoms with van der Waals surface area (Å²) in [5.41, 5.74) is 4.26. The average molecular weight is 494 g/mol. The van der Waals surface area contributed by atoms with Gasteiger partial charge < -0.3 is 14.8 Å². The number of rotatable bonds is 10. The van der Waals surface area contributed by atoms with Gasteiger partial charge in [-0.25, -0.2) is 5.43 Å². The molecule has 0 spiro atoms. The molecule has 2 aromatic rings. The first-order valence-corrected chi connectivity index (χ1v) is 11.3. The van der Waals surface area contributed by atoms with Crippen LogP contribution in [0.3, 0.4) is 0 Å². The lowest BCUT2D eigenvalue weighted by Gasteiger charge is -2.22. The van der Waals surface area contributed by atoms with E-state index in [1.165, 1.54) is 12.3 Å². The zero-order chi connectivity index (χ0) is 24.5. The smallest absolute Gasteiger partial charge is 0.262 e. The zero-order valence-corrected chi connectivity index (χ0v) is 20.8. The molecule has 9 heteroatoms. The van der Waals surface area contributed by atoms with Crippen LogP contribution in [0.2, 0.25) is 10.0 Å². The molecule has 33 heavy (non-hydrogen) atoms. The quantitative estimate of drug-likeness (QED) is 0.368. The van der Waals surface area contributed by atoms with Gasteiger partial charge in [0, 0.05) is 5.02 Å². The Morgan fingerprint density at radius 2 is 1.79 bits per heavy atom. The maximum atomic E-state index is 12.7. The molecule has 0 aliphatic heterocycles. The third-order valence-corrected chi connectivity index (χ3v) is 5.26. The minimum absolute atomic E-state index is 0.160. The first kappa shape index (κ1) is 26.5. The van der Waals surface area contributed by atoms with Crippen LogP contribution in [-0.4, -0.2) is 37.3 Å². The van der Waals surface area contributed by atoms with Crippen molar-refractivity contribution in [3.8, 4) is 11.5 Å². The van der Waals surface area contributed by atoms with Gasteiger partial charge in [-0.3, -0.25) is 9.59 Å². The Hall–Kier alpha value is -2.77. The summed E-state index contributed by atoms with van der Waals surface area (Å²) in [6, 6.07) is 9.53. The number of hydrogen-bond acceptors (Lipinski definition) is 5. The molecule has 0 bridgehead atoms. The summed E-state index contributed by atoms with van der Waals surface area (Å²) in [4.78, 5) is 25.4. The number of hydrazone groups is 1. The van der Waals surface area contributed by atoms with Gasteiger partial charge in [-0.15, -0.1) is 0 Å². The van der Waals surface area contributed by atoms with Crippen LogP contribution >= 0.6 is 23.2 Å². The standard InChI is InChI=1S/C24H29Cl2N3O4/c1-14(2)10-20(24(31)29-27-13-17-7-6-15(3)22(11-17)32-5)28-23(30)16(4)33-21-9-8-18(25)12-19(21)26/h6-9,11-14,16,20H,10H2,1-5H3,(H,28,30)(H,29,31)/b27-13-/t16-,20+/m1/s1. The minimum atomic E-state index is -0.880. The molecule has 2 N–H and O–H groups in total. The number of carbonyl (C=O) groups is 2. The van der Waals surface area contributed by atoms with Crippen molar-refractivity contribution in [3.05, 3.63) is 57.6 Å². The van der Waals surface area contributed by atoms with E-state index in [4.69, 9.17) is 32.7 Å². The van der Waals surface area contributed by atoms with Gasteiger partial charge in [0.1, 0.15) is 17.5 Å². The number of aryl methyl sites for hydroxylation is 1. The second kappa shape index (κ2) is 12.5. The van der Waals surface area contributed by atoms with Crippen molar-refractivity contribution in [2.45, 2.75) is 46.3 Å². The predicted molar refractivity (Wildman–Crippen MR) is 131 cm³/mol. The maximum absolute atomic E-state index is 12.7. The van der Waals surface area contributed by atoms with E-state index in [0.717, 1.165) is 16.9 Å². The summed E-state index contributed by atoms with van der Waals surface area (Å²) in [7, 11) is 1.59. The van der Waals surface area contributed by atoms with Crippen molar-refractivity contribution in [1.82, 2.24) is 10.7 Å². The van der Waals surface area contributed by atoms with Gasteiger partial charge in [0.2, 0.25) is 0 Å². The summed E-state index contributed by atoms with van der Waals surface area (Å²) in [5.74, 6) is 0.336. The van der Waals surface area contributed by atoms with E-state index in [9.17, 15) is 9.59 Å². The van der Waals surface area contributed by atoms with E-state index in [2.05, 4.69) is 15.8 Å². The number of nitrogens with one attached hydrogen (secondary N) is 2. The molecule has 0 heterocycles. The summed E-state index contributed by atoms with van der Waals surface area (Å²) in [5, 5.41) is 7.51. The monoisotopic (exact) mass is 493 g/mol. The summed E-state index contributed by atoms with van der Waals surface area (Å²) >= 11 is 12.0. The number of nitrogens with zero attached hydrogens (tertiary/aromatic N) is 1. The fraction of sp³-hybridized carbons (Fsp3) is 0.375. The van der Waals surface area contributed by atoms with Gasteiger partial charge >= 0.3 is 0 Å². The summed E-state index contributed by atoms with van der Waals surface area (Å²) in [6.45, 7) is 7.43. The van der Waals surface area contributed by atoms with Crippen molar-refractivity contribution in [1.29, 1.82) is 0 Å². The molecule has 0 aliphatic carbocycles. The second-order valence-electron chi connectivity index (χ2n) is 7.99. The molecule has 0 aromatic heterocycles. The van der Waals surface area contributed by atoms with E-state index in [1.807, 2.05) is 39.0 Å². The van der Waals surface area contributed by atoms with Gasteiger partial charge in [0.25, 0.3) is 11.8 Å². The van der Waals surface area contributed by atoms with Crippen molar-refractivity contribution in [2.24, 2.45) is 11.0 Å². The molecule has 0 radical (unpaired) electrons. The number of carbonyl (C=O) groups excluding carboxylic acids is 2. The third-order valence-electron chi connectivity index (χ3n) is 4.73. The van der Waals surface area contributed by atoms with Crippen molar-refractivity contribution in [3.63, 3.8) is 0 Å². The van der Waals surface area contributed by atoms with Crippen LogP contribution in [0.1, 0.15) is 38.3 Å². The van der Waals surface area contributed by atoms with Crippen LogP contribution in [0.4, 0.5) is 0 Å². The van der Waals surface area contributed by atoms with Gasteiger partial charge in [-0.1, -0.05) is 49.2 Å². The van der Waals surface area contributed by atoms with Gasteiger partial charge in [-0.2, -0.15) is 5.10 Å². The molecule has 0 fully saturated rings. The number of hydrogen-bond donors (Lipinski definition) is 2. The van der Waals surface area contributed by atoms with Gasteiger partial charge in [0.15, 0.2) is 6.10 Å². The molecule has 0 saturated heterocycles. The van der Waals surface area contributed by atoms with Gasteiger partial charge in [-0.05, 0) is 61.6 Å². The molecule has 2 aromatic carbocycles. The number of ether oxygens (including phenoxy) is 2. The Kier molecular flexibility index (Phi) is 10.0. The fourth-order valence-electron chi connectivity index (χ4n) is 2.97. The highest BCUT2D eigenvalue weighted by molar-refractivity contribution is 6.35. The SMILES string of the molecule is COc1cc(/C=N\NC(=O)[C@H](CC(C)C)NC(=O)[C@@H](C)Oc2ccc(Cl)cc2Cl)ccc1C. The Morgan fingerprint density at radius 1 is 1.06 bits per heavy atom. The Balaban J connectivity index is 2.02. The molecule has 2 rings (SSSR count).